The van der Waals surface area contributed by atoms with E-state index in [0.29, 0.717) is 12.2 Å². The minimum absolute atomic E-state index is 0.0894. The van der Waals surface area contributed by atoms with Crippen molar-refractivity contribution in [2.45, 2.75) is 32.6 Å². The zero-order chi connectivity index (χ0) is 10.4. The molecular weight excluding hydrogens is 176 g/mol. The molecule has 0 N–H and O–H groups in total. The Labute approximate surface area is 84.6 Å². The number of furan rings is 1. The molecule has 0 spiro atoms. The summed E-state index contributed by atoms with van der Waals surface area (Å²) >= 11 is 0. The summed E-state index contributed by atoms with van der Waals surface area (Å²) in [7, 11) is 0. The van der Waals surface area contributed by atoms with Crippen molar-refractivity contribution in [3.63, 3.8) is 0 Å². The summed E-state index contributed by atoms with van der Waals surface area (Å²) in [6.07, 6.45) is 4.94. The zero-order valence-corrected chi connectivity index (χ0v) is 8.58. The molecule has 0 fully saturated rings. The van der Waals surface area contributed by atoms with E-state index in [4.69, 9.17) is 4.42 Å². The summed E-state index contributed by atoms with van der Waals surface area (Å²) in [5, 5.41) is 0. The van der Waals surface area contributed by atoms with Gasteiger partial charge < -0.3 is 4.42 Å². The lowest BCUT2D eigenvalue weighted by Crippen LogP contribution is -1.96. The molecule has 1 aromatic rings. The fourth-order valence-corrected chi connectivity index (χ4v) is 1.25. The van der Waals surface area contributed by atoms with Crippen molar-refractivity contribution in [3.8, 4) is 0 Å². The van der Waals surface area contributed by atoms with Crippen LogP contribution in [0.4, 0.5) is 0 Å². The van der Waals surface area contributed by atoms with Gasteiger partial charge in [-0.2, -0.15) is 0 Å². The molecule has 0 bridgehead atoms. The molecule has 2 nitrogen and oxygen atoms in total. The standard InChI is InChI=1S/C12H16O2/c1-3-5-6-7-11(13)12-9-8-10(4-2)14-12/h3,8-9H,1,4-7H2,2H3. The van der Waals surface area contributed by atoms with Gasteiger partial charge in [0.25, 0.3) is 0 Å². The first-order valence-electron chi connectivity index (χ1n) is 5.00. The molecule has 0 unspecified atom stereocenters. The summed E-state index contributed by atoms with van der Waals surface area (Å²) < 4.78 is 5.35. The highest BCUT2D eigenvalue weighted by Crippen LogP contribution is 2.12. The fourth-order valence-electron chi connectivity index (χ4n) is 1.25. The molecule has 0 aliphatic carbocycles. The van der Waals surface area contributed by atoms with Crippen LogP contribution in [0.2, 0.25) is 0 Å². The number of aryl methyl sites for hydroxylation is 1. The summed E-state index contributed by atoms with van der Waals surface area (Å²) in [6, 6.07) is 3.62. The van der Waals surface area contributed by atoms with E-state index in [0.717, 1.165) is 25.0 Å². The number of Topliss-reactive ketones (excluding diaryl/α,β-unsaturated/α-hetero) is 1. The lowest BCUT2D eigenvalue weighted by molar-refractivity contribution is 0.0952. The molecule has 14 heavy (non-hydrogen) atoms. The maximum Gasteiger partial charge on any atom is 0.198 e. The number of unbranched alkanes of at least 4 members (excludes halogenated alkanes) is 1. The molecule has 2 heteroatoms. The van der Waals surface area contributed by atoms with Gasteiger partial charge in [-0.25, -0.2) is 0 Å². The second-order valence-electron chi connectivity index (χ2n) is 3.22. The molecule has 0 atom stereocenters. The smallest absolute Gasteiger partial charge is 0.198 e. The number of carbonyl (C=O) groups is 1. The van der Waals surface area contributed by atoms with Crippen LogP contribution in [0.3, 0.4) is 0 Å². The summed E-state index contributed by atoms with van der Waals surface area (Å²) in [5.74, 6) is 1.45. The SMILES string of the molecule is C=CCCCC(=O)c1ccc(CC)o1. The maximum absolute atomic E-state index is 11.5. The first-order valence-corrected chi connectivity index (χ1v) is 5.00. The predicted molar refractivity (Wildman–Crippen MR) is 56.5 cm³/mol. The molecule has 0 amide bonds. The monoisotopic (exact) mass is 192 g/mol. The molecule has 0 aliphatic rings. The number of hydrogen-bond acceptors (Lipinski definition) is 2. The number of carbonyl (C=O) groups excluding carboxylic acids is 1. The number of allylic oxidation sites excluding steroid dienone is 1. The molecular formula is C12H16O2. The molecule has 1 heterocycles. The molecule has 0 saturated heterocycles. The minimum atomic E-state index is 0.0894. The van der Waals surface area contributed by atoms with Gasteiger partial charge in [0, 0.05) is 12.8 Å². The van der Waals surface area contributed by atoms with Gasteiger partial charge in [0.1, 0.15) is 5.76 Å². The van der Waals surface area contributed by atoms with Crippen LogP contribution in [0.15, 0.2) is 29.2 Å². The number of rotatable bonds is 6. The van der Waals surface area contributed by atoms with Gasteiger partial charge in [-0.1, -0.05) is 13.0 Å². The van der Waals surface area contributed by atoms with E-state index in [-0.39, 0.29) is 5.78 Å². The van der Waals surface area contributed by atoms with Gasteiger partial charge in [0.15, 0.2) is 11.5 Å². The van der Waals surface area contributed by atoms with E-state index in [1.165, 1.54) is 0 Å². The molecule has 1 rings (SSSR count). The third-order valence-corrected chi connectivity index (χ3v) is 2.10. The van der Waals surface area contributed by atoms with Crippen LogP contribution in [-0.2, 0) is 6.42 Å². The van der Waals surface area contributed by atoms with Crippen LogP contribution in [0.1, 0.15) is 42.5 Å². The van der Waals surface area contributed by atoms with Crippen molar-refractivity contribution >= 4 is 5.78 Å². The third kappa shape index (κ3) is 2.87. The van der Waals surface area contributed by atoms with Crippen molar-refractivity contribution in [1.82, 2.24) is 0 Å². The molecule has 0 saturated carbocycles. The Kier molecular flexibility index (Phi) is 4.17. The lowest BCUT2D eigenvalue weighted by atomic mass is 10.1. The van der Waals surface area contributed by atoms with Gasteiger partial charge >= 0.3 is 0 Å². The quantitative estimate of drug-likeness (QED) is 0.393. The van der Waals surface area contributed by atoms with E-state index >= 15 is 0 Å². The van der Waals surface area contributed by atoms with Crippen LogP contribution in [-0.4, -0.2) is 5.78 Å². The van der Waals surface area contributed by atoms with Gasteiger partial charge in [-0.15, -0.1) is 6.58 Å². The highest BCUT2D eigenvalue weighted by molar-refractivity contribution is 5.93. The van der Waals surface area contributed by atoms with E-state index in [1.54, 1.807) is 6.07 Å². The van der Waals surface area contributed by atoms with Gasteiger partial charge in [0.2, 0.25) is 0 Å². The van der Waals surface area contributed by atoms with Gasteiger partial charge in [-0.3, -0.25) is 4.79 Å². The van der Waals surface area contributed by atoms with E-state index in [9.17, 15) is 4.79 Å². The molecule has 76 valence electrons. The topological polar surface area (TPSA) is 30.2 Å². The van der Waals surface area contributed by atoms with E-state index in [2.05, 4.69) is 6.58 Å². The first-order chi connectivity index (χ1) is 6.77. The van der Waals surface area contributed by atoms with Gasteiger partial charge in [-0.05, 0) is 25.0 Å². The molecule has 0 radical (unpaired) electrons. The normalized spacial score (nSPS) is 10.1. The summed E-state index contributed by atoms with van der Waals surface area (Å²) in [4.78, 5) is 11.5. The predicted octanol–water partition coefficient (Wildman–Crippen LogP) is 3.38. The Bertz CT molecular complexity index is 310. The van der Waals surface area contributed by atoms with Crippen LogP contribution < -0.4 is 0 Å². The van der Waals surface area contributed by atoms with Crippen molar-refractivity contribution in [2.75, 3.05) is 0 Å². The average molecular weight is 192 g/mol. The third-order valence-electron chi connectivity index (χ3n) is 2.10. The Morgan fingerprint density at radius 1 is 1.57 bits per heavy atom. The molecule has 0 aliphatic heterocycles. The summed E-state index contributed by atoms with van der Waals surface area (Å²) in [6.45, 7) is 5.62. The highest BCUT2D eigenvalue weighted by Gasteiger charge is 2.09. The van der Waals surface area contributed by atoms with Crippen LogP contribution in [0, 0.1) is 0 Å². The Balaban J connectivity index is 2.47. The summed E-state index contributed by atoms with van der Waals surface area (Å²) in [5.41, 5.74) is 0. The van der Waals surface area contributed by atoms with Crippen LogP contribution in [0.5, 0.6) is 0 Å². The zero-order valence-electron chi connectivity index (χ0n) is 8.58. The lowest BCUT2D eigenvalue weighted by Gasteiger charge is -1.95. The first kappa shape index (κ1) is 10.8. The highest BCUT2D eigenvalue weighted by atomic mass is 16.3. The Morgan fingerprint density at radius 3 is 2.93 bits per heavy atom. The van der Waals surface area contributed by atoms with Crippen molar-refractivity contribution < 1.29 is 9.21 Å². The van der Waals surface area contributed by atoms with Crippen molar-refractivity contribution in [2.24, 2.45) is 0 Å². The second kappa shape index (κ2) is 5.43. The molecule has 1 aromatic heterocycles. The molecule has 0 aromatic carbocycles. The second-order valence-corrected chi connectivity index (χ2v) is 3.22. The van der Waals surface area contributed by atoms with Gasteiger partial charge in [0.05, 0.1) is 0 Å². The minimum Gasteiger partial charge on any atom is -0.458 e. The van der Waals surface area contributed by atoms with Crippen molar-refractivity contribution in [1.29, 1.82) is 0 Å². The maximum atomic E-state index is 11.5. The largest absolute Gasteiger partial charge is 0.458 e. The van der Waals surface area contributed by atoms with E-state index < -0.39 is 0 Å². The van der Waals surface area contributed by atoms with Crippen molar-refractivity contribution in [3.05, 3.63) is 36.3 Å². The fraction of sp³-hybridized carbons (Fsp3) is 0.417. The van der Waals surface area contributed by atoms with Crippen LogP contribution >= 0.6 is 0 Å². The Hall–Kier alpha value is -1.31. The average Bonchev–Trinajstić information content (AvgIpc) is 2.66. The number of hydrogen-bond donors (Lipinski definition) is 0. The number of ketones is 1. The van der Waals surface area contributed by atoms with Crippen LogP contribution in [0.25, 0.3) is 0 Å². The Morgan fingerprint density at radius 2 is 2.36 bits per heavy atom. The van der Waals surface area contributed by atoms with E-state index in [1.807, 2.05) is 19.1 Å².